The number of rotatable bonds is 6. The van der Waals surface area contributed by atoms with Crippen LogP contribution in [-0.4, -0.2) is 41.0 Å². The normalized spacial score (nSPS) is 11.7. The molecule has 1 heterocycles. The number of methoxy groups -OCH3 is 1. The summed E-state index contributed by atoms with van der Waals surface area (Å²) < 4.78 is 5.10. The Bertz CT molecular complexity index is 465. The van der Waals surface area contributed by atoms with E-state index in [1.165, 1.54) is 7.11 Å². The van der Waals surface area contributed by atoms with E-state index in [0.29, 0.717) is 29.5 Å². The Morgan fingerprint density at radius 2 is 2.32 bits per heavy atom. The van der Waals surface area contributed by atoms with E-state index < -0.39 is 0 Å². The fourth-order valence-corrected chi connectivity index (χ4v) is 1.74. The van der Waals surface area contributed by atoms with Crippen molar-refractivity contribution in [2.75, 3.05) is 20.2 Å². The average Bonchev–Trinajstić information content (AvgIpc) is 2.43. The Labute approximate surface area is 118 Å². The highest BCUT2D eigenvalue weighted by atomic mass is 32.1. The summed E-state index contributed by atoms with van der Waals surface area (Å²) >= 11 is 4.94. The summed E-state index contributed by atoms with van der Waals surface area (Å²) in [5, 5.41) is 0. The van der Waals surface area contributed by atoms with Crippen LogP contribution in [0.25, 0.3) is 0 Å². The molecule has 1 atom stereocenters. The number of nitrogens with zero attached hydrogens (tertiary/aromatic N) is 2. The summed E-state index contributed by atoms with van der Waals surface area (Å²) in [6.07, 6.45) is 1.59. The van der Waals surface area contributed by atoms with Crippen molar-refractivity contribution < 1.29 is 9.53 Å². The molecule has 2 N–H and O–H groups in total. The van der Waals surface area contributed by atoms with Gasteiger partial charge in [0.25, 0.3) is 5.91 Å². The number of amides is 1. The molecule has 0 aliphatic rings. The minimum atomic E-state index is -0.129. The van der Waals surface area contributed by atoms with Crippen LogP contribution < -0.4 is 10.5 Å². The maximum absolute atomic E-state index is 12.4. The third-order valence-electron chi connectivity index (χ3n) is 2.84. The maximum Gasteiger partial charge on any atom is 0.259 e. The van der Waals surface area contributed by atoms with Crippen molar-refractivity contribution in [3.05, 3.63) is 23.9 Å². The molecular weight excluding hydrogens is 262 g/mol. The zero-order valence-electron chi connectivity index (χ0n) is 11.4. The van der Waals surface area contributed by atoms with Crippen LogP contribution in [0.3, 0.4) is 0 Å². The lowest BCUT2D eigenvalue weighted by molar-refractivity contribution is 0.0750. The molecule has 0 aliphatic heterocycles. The van der Waals surface area contributed by atoms with Crippen LogP contribution in [-0.2, 0) is 0 Å². The second-order valence-corrected chi connectivity index (χ2v) is 4.68. The van der Waals surface area contributed by atoms with E-state index in [9.17, 15) is 4.79 Å². The van der Waals surface area contributed by atoms with E-state index in [2.05, 4.69) is 4.98 Å². The van der Waals surface area contributed by atoms with Crippen LogP contribution in [0.1, 0.15) is 24.2 Å². The lowest BCUT2D eigenvalue weighted by Crippen LogP contribution is -2.38. The Morgan fingerprint density at radius 3 is 2.84 bits per heavy atom. The molecular formula is C13H19N3O2S. The molecule has 1 rings (SSSR count). The SMILES string of the molecule is CCN(CC(C)C(N)=S)C(=O)c1cccnc1OC. The monoisotopic (exact) mass is 281 g/mol. The molecule has 6 heteroatoms. The van der Waals surface area contributed by atoms with Crippen molar-refractivity contribution in [1.29, 1.82) is 0 Å². The zero-order chi connectivity index (χ0) is 14.4. The predicted molar refractivity (Wildman–Crippen MR) is 78.3 cm³/mol. The highest BCUT2D eigenvalue weighted by Crippen LogP contribution is 2.17. The number of pyridine rings is 1. The molecule has 19 heavy (non-hydrogen) atoms. The molecule has 0 bridgehead atoms. The van der Waals surface area contributed by atoms with Crippen LogP contribution in [0.15, 0.2) is 18.3 Å². The van der Waals surface area contributed by atoms with Crippen molar-refractivity contribution in [2.24, 2.45) is 11.7 Å². The molecule has 1 unspecified atom stereocenters. The van der Waals surface area contributed by atoms with Gasteiger partial charge in [-0.25, -0.2) is 4.98 Å². The number of carbonyl (C=O) groups is 1. The van der Waals surface area contributed by atoms with Crippen molar-refractivity contribution in [3.63, 3.8) is 0 Å². The largest absolute Gasteiger partial charge is 0.480 e. The van der Waals surface area contributed by atoms with Gasteiger partial charge in [-0.1, -0.05) is 19.1 Å². The third kappa shape index (κ3) is 3.89. The Hall–Kier alpha value is -1.69. The first-order valence-corrected chi connectivity index (χ1v) is 6.49. The molecule has 0 spiro atoms. The summed E-state index contributed by atoms with van der Waals surface area (Å²) in [7, 11) is 1.49. The Kier molecular flexibility index (Phi) is 5.69. The number of thiocarbonyl (C=S) groups is 1. The molecule has 0 aromatic carbocycles. The summed E-state index contributed by atoms with van der Waals surface area (Å²) in [4.78, 5) is 18.6. The minimum Gasteiger partial charge on any atom is -0.480 e. The Balaban J connectivity index is 2.92. The van der Waals surface area contributed by atoms with E-state index >= 15 is 0 Å². The van der Waals surface area contributed by atoms with E-state index in [-0.39, 0.29) is 11.8 Å². The lowest BCUT2D eigenvalue weighted by Gasteiger charge is -2.24. The van der Waals surface area contributed by atoms with Gasteiger partial charge in [0.05, 0.1) is 12.1 Å². The number of hydrogen-bond acceptors (Lipinski definition) is 4. The molecule has 0 aliphatic carbocycles. The van der Waals surface area contributed by atoms with E-state index in [1.54, 1.807) is 23.2 Å². The number of hydrogen-bond donors (Lipinski definition) is 1. The van der Waals surface area contributed by atoms with E-state index in [4.69, 9.17) is 22.7 Å². The van der Waals surface area contributed by atoms with Gasteiger partial charge >= 0.3 is 0 Å². The number of aromatic nitrogens is 1. The molecule has 0 fully saturated rings. The topological polar surface area (TPSA) is 68.5 Å². The van der Waals surface area contributed by atoms with E-state index in [0.717, 1.165) is 0 Å². The fraction of sp³-hybridized carbons (Fsp3) is 0.462. The van der Waals surface area contributed by atoms with Crippen molar-refractivity contribution in [1.82, 2.24) is 9.88 Å². The standard InChI is InChI=1S/C13H19N3O2S/c1-4-16(8-9(2)11(14)19)13(17)10-6-5-7-15-12(10)18-3/h5-7,9H,4,8H2,1-3H3,(H2,14,19). The maximum atomic E-state index is 12.4. The van der Waals surface area contributed by atoms with Crippen LogP contribution in [0.4, 0.5) is 0 Å². The molecule has 1 aromatic heterocycles. The first kappa shape index (κ1) is 15.4. The van der Waals surface area contributed by atoms with Gasteiger partial charge in [0, 0.05) is 25.2 Å². The number of nitrogens with two attached hydrogens (primary N) is 1. The minimum absolute atomic E-state index is 0.0263. The van der Waals surface area contributed by atoms with Crippen molar-refractivity contribution in [3.8, 4) is 5.88 Å². The first-order chi connectivity index (χ1) is 9.01. The van der Waals surface area contributed by atoms with Gasteiger partial charge in [0.1, 0.15) is 5.56 Å². The fourth-order valence-electron chi connectivity index (χ4n) is 1.66. The third-order valence-corrected chi connectivity index (χ3v) is 3.25. The molecule has 0 saturated carbocycles. The second kappa shape index (κ2) is 7.04. The summed E-state index contributed by atoms with van der Waals surface area (Å²) in [5.74, 6) is 0.172. The molecule has 104 valence electrons. The van der Waals surface area contributed by atoms with Gasteiger partial charge in [-0.3, -0.25) is 4.79 Å². The quantitative estimate of drug-likeness (QED) is 0.800. The average molecular weight is 281 g/mol. The zero-order valence-corrected chi connectivity index (χ0v) is 12.2. The van der Waals surface area contributed by atoms with E-state index in [1.807, 2.05) is 13.8 Å². The second-order valence-electron chi connectivity index (χ2n) is 4.21. The smallest absolute Gasteiger partial charge is 0.259 e. The van der Waals surface area contributed by atoms with Crippen LogP contribution in [0.5, 0.6) is 5.88 Å². The Morgan fingerprint density at radius 1 is 1.63 bits per heavy atom. The van der Waals surface area contributed by atoms with Gasteiger partial charge in [0.2, 0.25) is 5.88 Å². The van der Waals surface area contributed by atoms with Gasteiger partial charge in [-0.2, -0.15) is 0 Å². The van der Waals surface area contributed by atoms with Gasteiger partial charge in [0.15, 0.2) is 0 Å². The summed E-state index contributed by atoms with van der Waals surface area (Å²) in [5.41, 5.74) is 6.04. The van der Waals surface area contributed by atoms with Crippen molar-refractivity contribution in [2.45, 2.75) is 13.8 Å². The number of carbonyl (C=O) groups excluding carboxylic acids is 1. The highest BCUT2D eigenvalue weighted by molar-refractivity contribution is 7.80. The lowest BCUT2D eigenvalue weighted by atomic mass is 10.1. The van der Waals surface area contributed by atoms with Crippen LogP contribution in [0, 0.1) is 5.92 Å². The molecule has 5 nitrogen and oxygen atoms in total. The van der Waals surface area contributed by atoms with Crippen molar-refractivity contribution >= 4 is 23.1 Å². The highest BCUT2D eigenvalue weighted by Gasteiger charge is 2.21. The predicted octanol–water partition coefficient (Wildman–Crippen LogP) is 1.47. The van der Waals surface area contributed by atoms with Crippen LogP contribution in [0.2, 0.25) is 0 Å². The molecule has 0 radical (unpaired) electrons. The van der Waals surface area contributed by atoms with Gasteiger partial charge in [-0.15, -0.1) is 0 Å². The molecule has 0 saturated heterocycles. The molecule has 1 aromatic rings. The number of ether oxygens (including phenoxy) is 1. The van der Waals surface area contributed by atoms with Gasteiger partial charge < -0.3 is 15.4 Å². The molecule has 1 amide bonds. The van der Waals surface area contributed by atoms with Gasteiger partial charge in [-0.05, 0) is 19.1 Å². The summed E-state index contributed by atoms with van der Waals surface area (Å²) in [6.45, 7) is 4.87. The summed E-state index contributed by atoms with van der Waals surface area (Å²) in [6, 6.07) is 3.41. The first-order valence-electron chi connectivity index (χ1n) is 6.08. The van der Waals surface area contributed by atoms with Crippen LogP contribution >= 0.6 is 12.2 Å².